The Morgan fingerprint density at radius 1 is 1.00 bits per heavy atom. The first-order valence-corrected chi connectivity index (χ1v) is 10.3. The van der Waals surface area contributed by atoms with Gasteiger partial charge in [0.05, 0.1) is 6.04 Å². The van der Waals surface area contributed by atoms with Gasteiger partial charge in [-0.2, -0.15) is 0 Å². The summed E-state index contributed by atoms with van der Waals surface area (Å²) >= 11 is 0. The molecule has 2 aromatic carbocycles. The van der Waals surface area contributed by atoms with Crippen molar-refractivity contribution >= 4 is 23.2 Å². The summed E-state index contributed by atoms with van der Waals surface area (Å²) in [7, 11) is 2.12. The fourth-order valence-electron chi connectivity index (χ4n) is 4.28. The second kappa shape index (κ2) is 8.66. The number of likely N-dealkylation sites (tertiary alicyclic amines) is 1. The lowest BCUT2D eigenvalue weighted by Crippen LogP contribution is -2.41. The summed E-state index contributed by atoms with van der Waals surface area (Å²) in [6.45, 7) is 3.51. The van der Waals surface area contributed by atoms with Gasteiger partial charge in [0.1, 0.15) is 0 Å². The maximum atomic E-state index is 12.4. The average molecular weight is 393 g/mol. The topological polar surface area (TPSA) is 64.7 Å². The molecule has 0 aromatic heterocycles. The minimum atomic E-state index is -0.632. The van der Waals surface area contributed by atoms with Crippen molar-refractivity contribution < 1.29 is 9.59 Å². The van der Waals surface area contributed by atoms with Gasteiger partial charge in [-0.05, 0) is 61.7 Å². The molecule has 2 aromatic rings. The first-order valence-electron chi connectivity index (χ1n) is 10.3. The number of amides is 2. The van der Waals surface area contributed by atoms with Crippen molar-refractivity contribution in [1.82, 2.24) is 10.2 Å². The largest absolute Gasteiger partial charge is 0.374 e. The number of nitrogens with zero attached hydrogens (tertiary/aromatic N) is 2. The van der Waals surface area contributed by atoms with Crippen LogP contribution in [0.15, 0.2) is 48.5 Å². The predicted molar refractivity (Wildman–Crippen MR) is 115 cm³/mol. The maximum absolute atomic E-state index is 12.4. The fraction of sp³-hybridized carbons (Fsp3) is 0.391. The Kier molecular flexibility index (Phi) is 5.81. The minimum Gasteiger partial charge on any atom is -0.374 e. The molecule has 1 atom stereocenters. The van der Waals surface area contributed by atoms with Crippen molar-refractivity contribution in [2.75, 3.05) is 43.4 Å². The van der Waals surface area contributed by atoms with Gasteiger partial charge in [0.15, 0.2) is 0 Å². The van der Waals surface area contributed by atoms with E-state index in [9.17, 15) is 9.59 Å². The third kappa shape index (κ3) is 4.43. The van der Waals surface area contributed by atoms with E-state index in [2.05, 4.69) is 45.7 Å². The van der Waals surface area contributed by atoms with E-state index in [-0.39, 0.29) is 6.04 Å². The lowest BCUT2D eigenvalue weighted by atomic mass is 10.0. The number of carbonyl (C=O) groups is 2. The molecule has 6 nitrogen and oxygen atoms in total. The van der Waals surface area contributed by atoms with Crippen LogP contribution in [-0.4, -0.2) is 49.9 Å². The summed E-state index contributed by atoms with van der Waals surface area (Å²) in [6, 6.07) is 15.7. The number of hydrogen-bond acceptors (Lipinski definition) is 4. The van der Waals surface area contributed by atoms with Crippen LogP contribution in [0.1, 0.15) is 30.0 Å². The lowest BCUT2D eigenvalue weighted by Gasteiger charge is -2.28. The van der Waals surface area contributed by atoms with Gasteiger partial charge in [0, 0.05) is 31.5 Å². The molecule has 2 heterocycles. The molecule has 0 spiro atoms. The van der Waals surface area contributed by atoms with E-state index in [0.29, 0.717) is 12.2 Å². The fourth-order valence-corrected chi connectivity index (χ4v) is 4.28. The number of para-hydroxylation sites is 1. The standard InChI is InChI=1S/C23H28N4O2/c1-26-14-11-18-15-17(9-10-20(18)26)21(27-12-5-6-13-27)16-24-22(28)23(29)25-19-7-3-2-4-8-19/h2-4,7-10,15,21H,5-6,11-14,16H2,1H3,(H,24,28)(H,25,29)/t21-/m1/s1. The molecular weight excluding hydrogens is 364 g/mol. The molecule has 2 aliphatic rings. The molecular formula is C23H28N4O2. The zero-order valence-corrected chi connectivity index (χ0v) is 16.9. The molecule has 4 rings (SSSR count). The zero-order chi connectivity index (χ0) is 20.2. The quantitative estimate of drug-likeness (QED) is 0.768. The summed E-state index contributed by atoms with van der Waals surface area (Å²) in [5, 5.41) is 5.50. The zero-order valence-electron chi connectivity index (χ0n) is 16.9. The van der Waals surface area contributed by atoms with Gasteiger partial charge in [-0.3, -0.25) is 14.5 Å². The Labute approximate surface area is 171 Å². The number of benzene rings is 2. The van der Waals surface area contributed by atoms with Crippen LogP contribution in [0.5, 0.6) is 0 Å². The normalized spacial score (nSPS) is 17.1. The van der Waals surface area contributed by atoms with Crippen LogP contribution >= 0.6 is 0 Å². The molecule has 29 heavy (non-hydrogen) atoms. The van der Waals surface area contributed by atoms with Crippen molar-refractivity contribution in [3.63, 3.8) is 0 Å². The number of carbonyl (C=O) groups excluding carboxylic acids is 2. The van der Waals surface area contributed by atoms with Crippen LogP contribution in [-0.2, 0) is 16.0 Å². The molecule has 0 saturated carbocycles. The highest BCUT2D eigenvalue weighted by atomic mass is 16.2. The van der Waals surface area contributed by atoms with Crippen molar-refractivity contribution in [1.29, 1.82) is 0 Å². The van der Waals surface area contributed by atoms with E-state index in [4.69, 9.17) is 0 Å². The maximum Gasteiger partial charge on any atom is 0.313 e. The van der Waals surface area contributed by atoms with Crippen LogP contribution in [0.4, 0.5) is 11.4 Å². The van der Waals surface area contributed by atoms with E-state index in [1.54, 1.807) is 12.1 Å². The average Bonchev–Trinajstić information content (AvgIpc) is 3.39. The van der Waals surface area contributed by atoms with Gasteiger partial charge in [0.25, 0.3) is 0 Å². The van der Waals surface area contributed by atoms with Crippen molar-refractivity contribution in [3.05, 3.63) is 59.7 Å². The molecule has 1 fully saturated rings. The number of anilines is 2. The van der Waals surface area contributed by atoms with E-state index in [1.165, 1.54) is 29.7 Å². The van der Waals surface area contributed by atoms with Gasteiger partial charge >= 0.3 is 11.8 Å². The van der Waals surface area contributed by atoms with Gasteiger partial charge < -0.3 is 15.5 Å². The van der Waals surface area contributed by atoms with Crippen molar-refractivity contribution in [2.45, 2.75) is 25.3 Å². The summed E-state index contributed by atoms with van der Waals surface area (Å²) in [6.07, 6.45) is 3.40. The van der Waals surface area contributed by atoms with Crippen LogP contribution in [0.25, 0.3) is 0 Å². The van der Waals surface area contributed by atoms with Gasteiger partial charge in [0.2, 0.25) is 0 Å². The first-order chi connectivity index (χ1) is 14.1. The highest BCUT2D eigenvalue weighted by Crippen LogP contribution is 2.32. The molecule has 1 saturated heterocycles. The molecule has 6 heteroatoms. The van der Waals surface area contributed by atoms with E-state index in [1.807, 2.05) is 18.2 Å². The number of nitrogens with one attached hydrogen (secondary N) is 2. The molecule has 2 N–H and O–H groups in total. The van der Waals surface area contributed by atoms with Crippen molar-refractivity contribution in [3.8, 4) is 0 Å². The van der Waals surface area contributed by atoms with E-state index < -0.39 is 11.8 Å². The van der Waals surface area contributed by atoms with Crippen LogP contribution < -0.4 is 15.5 Å². The second-order valence-corrected chi connectivity index (χ2v) is 7.85. The summed E-state index contributed by atoms with van der Waals surface area (Å²) in [5.74, 6) is -1.23. The lowest BCUT2D eigenvalue weighted by molar-refractivity contribution is -0.136. The van der Waals surface area contributed by atoms with Crippen LogP contribution in [0.2, 0.25) is 0 Å². The van der Waals surface area contributed by atoms with E-state index in [0.717, 1.165) is 26.1 Å². The third-order valence-electron chi connectivity index (χ3n) is 5.89. The van der Waals surface area contributed by atoms with Gasteiger partial charge in [-0.1, -0.05) is 30.3 Å². The number of rotatable bonds is 5. The Bertz CT molecular complexity index is 878. The second-order valence-electron chi connectivity index (χ2n) is 7.85. The van der Waals surface area contributed by atoms with Gasteiger partial charge in [-0.15, -0.1) is 0 Å². The SMILES string of the molecule is CN1CCc2cc([C@@H](CNC(=O)C(=O)Nc3ccccc3)N3CCCC3)ccc21. The molecule has 0 radical (unpaired) electrons. The molecule has 0 unspecified atom stereocenters. The Morgan fingerprint density at radius 3 is 2.52 bits per heavy atom. The summed E-state index contributed by atoms with van der Waals surface area (Å²) in [4.78, 5) is 29.3. The van der Waals surface area contributed by atoms with Gasteiger partial charge in [-0.25, -0.2) is 0 Å². The first kappa shape index (κ1) is 19.5. The number of hydrogen-bond donors (Lipinski definition) is 2. The minimum absolute atomic E-state index is 0.0854. The van der Waals surface area contributed by atoms with E-state index >= 15 is 0 Å². The highest BCUT2D eigenvalue weighted by molar-refractivity contribution is 6.39. The Balaban J connectivity index is 1.44. The number of likely N-dealkylation sites (N-methyl/N-ethyl adjacent to an activating group) is 1. The van der Waals surface area contributed by atoms with Crippen molar-refractivity contribution in [2.24, 2.45) is 0 Å². The number of fused-ring (bicyclic) bond motifs is 1. The monoisotopic (exact) mass is 392 g/mol. The summed E-state index contributed by atoms with van der Waals surface area (Å²) < 4.78 is 0. The molecule has 2 amide bonds. The van der Waals surface area contributed by atoms with Crippen LogP contribution in [0, 0.1) is 0 Å². The Morgan fingerprint density at radius 2 is 1.76 bits per heavy atom. The molecule has 2 aliphatic heterocycles. The smallest absolute Gasteiger partial charge is 0.313 e. The predicted octanol–water partition coefficient (Wildman–Crippen LogP) is 2.57. The highest BCUT2D eigenvalue weighted by Gasteiger charge is 2.27. The van der Waals surface area contributed by atoms with Crippen LogP contribution in [0.3, 0.4) is 0 Å². The molecule has 0 bridgehead atoms. The third-order valence-corrected chi connectivity index (χ3v) is 5.89. The molecule has 152 valence electrons. The molecule has 0 aliphatic carbocycles. The summed E-state index contributed by atoms with van der Waals surface area (Å²) in [5.41, 5.74) is 4.48. The Hall–Kier alpha value is -2.86.